The van der Waals surface area contributed by atoms with Gasteiger partial charge in [0.25, 0.3) is 0 Å². The van der Waals surface area contributed by atoms with Crippen molar-refractivity contribution in [3.05, 3.63) is 35.0 Å². The van der Waals surface area contributed by atoms with Crippen LogP contribution in [0.2, 0.25) is 0 Å². The van der Waals surface area contributed by atoms with E-state index < -0.39 is 0 Å². The van der Waals surface area contributed by atoms with Gasteiger partial charge in [0.15, 0.2) is 5.82 Å². The topological polar surface area (TPSA) is 64.6 Å². The minimum Gasteiger partial charge on any atom is -0.624 e. The Morgan fingerprint density at radius 1 is 1.24 bits per heavy atom. The zero-order valence-electron chi connectivity index (χ0n) is 12.4. The Kier molecular flexibility index (Phi) is 4.01. The van der Waals surface area contributed by atoms with Crippen molar-refractivity contribution in [2.45, 2.75) is 31.6 Å². The standard InChI is InChI=1S/C15H20N4OS/c1-11-6-8-12(9-7-11)14-16-15(18-17-14)19(20)10-4-3-5-13(19)21-2/h6-9,13H,3-5,10H2,1-2H3,(H,16,17,18). The van der Waals surface area contributed by atoms with E-state index >= 15 is 0 Å². The van der Waals surface area contributed by atoms with Gasteiger partial charge in [0, 0.05) is 12.0 Å². The molecule has 112 valence electrons. The number of benzene rings is 1. The fraction of sp³-hybridized carbons (Fsp3) is 0.467. The molecule has 2 aromatic rings. The Labute approximate surface area is 128 Å². The predicted molar refractivity (Wildman–Crippen MR) is 87.7 cm³/mol. The second-order valence-corrected chi connectivity index (χ2v) is 6.58. The van der Waals surface area contributed by atoms with Gasteiger partial charge in [-0.25, -0.2) is 0 Å². The minimum atomic E-state index is -0.389. The lowest BCUT2D eigenvalue weighted by atomic mass is 10.1. The van der Waals surface area contributed by atoms with Gasteiger partial charge in [-0.1, -0.05) is 34.9 Å². The summed E-state index contributed by atoms with van der Waals surface area (Å²) < 4.78 is -0.389. The molecule has 0 saturated carbocycles. The van der Waals surface area contributed by atoms with Gasteiger partial charge >= 0.3 is 5.95 Å². The number of nitrogens with zero attached hydrogens (tertiary/aromatic N) is 3. The molecule has 1 aliphatic rings. The molecule has 0 aliphatic carbocycles. The molecule has 1 aliphatic heterocycles. The highest BCUT2D eigenvalue weighted by Gasteiger charge is 2.36. The number of nitrogens with one attached hydrogen (secondary N) is 1. The third-order valence-electron chi connectivity index (χ3n) is 4.09. The highest BCUT2D eigenvalue weighted by molar-refractivity contribution is 7.99. The van der Waals surface area contributed by atoms with E-state index in [1.807, 2.05) is 37.4 Å². The fourth-order valence-corrected chi connectivity index (χ4v) is 3.76. The largest absolute Gasteiger partial charge is 0.624 e. The molecular formula is C15H20N4OS. The second-order valence-electron chi connectivity index (χ2n) is 5.57. The number of aromatic nitrogens is 3. The fourth-order valence-electron chi connectivity index (χ4n) is 2.81. The molecular weight excluding hydrogens is 284 g/mol. The lowest BCUT2D eigenvalue weighted by Crippen LogP contribution is -2.54. The highest BCUT2D eigenvalue weighted by Crippen LogP contribution is 2.35. The van der Waals surface area contributed by atoms with Crippen LogP contribution in [0.5, 0.6) is 0 Å². The number of rotatable bonds is 3. The van der Waals surface area contributed by atoms with E-state index in [-0.39, 0.29) is 10.0 Å². The van der Waals surface area contributed by atoms with Crippen LogP contribution >= 0.6 is 11.8 Å². The third kappa shape index (κ3) is 2.71. The Balaban J connectivity index is 1.91. The van der Waals surface area contributed by atoms with E-state index in [4.69, 9.17) is 0 Å². The average molecular weight is 304 g/mol. The van der Waals surface area contributed by atoms with Crippen LogP contribution in [0.3, 0.4) is 0 Å². The number of hydroxylamine groups is 2. The van der Waals surface area contributed by atoms with Gasteiger partial charge in [0.1, 0.15) is 5.37 Å². The van der Waals surface area contributed by atoms with Crippen LogP contribution in [0.4, 0.5) is 5.95 Å². The summed E-state index contributed by atoms with van der Waals surface area (Å²) in [6.45, 7) is 2.62. The maximum Gasteiger partial charge on any atom is 0.328 e. The Morgan fingerprint density at radius 2 is 2.00 bits per heavy atom. The molecule has 3 rings (SSSR count). The summed E-state index contributed by atoms with van der Waals surface area (Å²) in [5, 5.41) is 21.5. The zero-order valence-corrected chi connectivity index (χ0v) is 13.2. The van der Waals surface area contributed by atoms with E-state index in [9.17, 15) is 5.21 Å². The van der Waals surface area contributed by atoms with Gasteiger partial charge in [-0.3, -0.25) is 9.63 Å². The Morgan fingerprint density at radius 3 is 2.71 bits per heavy atom. The third-order valence-corrected chi connectivity index (χ3v) is 5.21. The van der Waals surface area contributed by atoms with Crippen molar-refractivity contribution >= 4 is 17.7 Å². The summed E-state index contributed by atoms with van der Waals surface area (Å²) in [7, 11) is 0. The molecule has 0 radical (unpaired) electrons. The monoisotopic (exact) mass is 304 g/mol. The molecule has 5 nitrogen and oxygen atoms in total. The first kappa shape index (κ1) is 14.6. The number of hydrogen-bond donors (Lipinski definition) is 1. The van der Waals surface area contributed by atoms with E-state index in [2.05, 4.69) is 15.2 Å². The summed E-state index contributed by atoms with van der Waals surface area (Å²) in [5.41, 5.74) is 2.16. The number of thioether (sulfide) groups is 1. The molecule has 0 bridgehead atoms. The minimum absolute atomic E-state index is 0.0116. The number of aryl methyl sites for hydroxylation is 1. The van der Waals surface area contributed by atoms with E-state index in [1.54, 1.807) is 11.8 Å². The van der Waals surface area contributed by atoms with Crippen molar-refractivity contribution in [2.75, 3.05) is 12.8 Å². The first-order chi connectivity index (χ1) is 10.1. The van der Waals surface area contributed by atoms with Crippen molar-refractivity contribution < 1.29 is 0 Å². The quantitative estimate of drug-likeness (QED) is 0.696. The summed E-state index contributed by atoms with van der Waals surface area (Å²) in [6.07, 6.45) is 5.00. The van der Waals surface area contributed by atoms with E-state index in [0.717, 1.165) is 24.8 Å². The number of aromatic amines is 1. The number of H-pyrrole nitrogens is 1. The number of quaternary nitrogens is 1. The van der Waals surface area contributed by atoms with Gasteiger partial charge in [0.2, 0.25) is 0 Å². The lowest BCUT2D eigenvalue weighted by Gasteiger charge is -2.47. The maximum absolute atomic E-state index is 13.2. The van der Waals surface area contributed by atoms with Crippen LogP contribution in [-0.2, 0) is 0 Å². The zero-order chi connectivity index (χ0) is 14.9. The SMILES string of the molecule is CSC1CCCC[N+]1([O-])c1nnc(-c2ccc(C)cc2)[nH]1. The van der Waals surface area contributed by atoms with Crippen LogP contribution in [0, 0.1) is 12.1 Å². The van der Waals surface area contributed by atoms with Gasteiger partial charge in [-0.15, -0.1) is 16.9 Å². The smallest absolute Gasteiger partial charge is 0.328 e. The summed E-state index contributed by atoms with van der Waals surface area (Å²) in [5.74, 6) is 1.11. The molecule has 2 unspecified atom stereocenters. The van der Waals surface area contributed by atoms with Crippen LogP contribution in [0.1, 0.15) is 24.8 Å². The molecule has 0 spiro atoms. The summed E-state index contributed by atoms with van der Waals surface area (Å²) in [4.78, 5) is 3.15. The van der Waals surface area contributed by atoms with Crippen LogP contribution < -0.4 is 4.65 Å². The maximum atomic E-state index is 13.2. The molecule has 1 saturated heterocycles. The normalized spacial score (nSPS) is 26.0. The van der Waals surface area contributed by atoms with Gasteiger partial charge in [-0.2, -0.15) is 0 Å². The lowest BCUT2D eigenvalue weighted by molar-refractivity contribution is 0.270. The van der Waals surface area contributed by atoms with E-state index in [0.29, 0.717) is 18.3 Å². The van der Waals surface area contributed by atoms with Crippen LogP contribution in [0.25, 0.3) is 11.4 Å². The van der Waals surface area contributed by atoms with Gasteiger partial charge < -0.3 is 5.21 Å². The van der Waals surface area contributed by atoms with Crippen molar-refractivity contribution in [3.63, 3.8) is 0 Å². The average Bonchev–Trinajstić information content (AvgIpc) is 2.99. The molecule has 1 aromatic carbocycles. The molecule has 6 heteroatoms. The Hall–Kier alpha value is -1.37. The molecule has 2 atom stereocenters. The van der Waals surface area contributed by atoms with Crippen LogP contribution in [0.15, 0.2) is 24.3 Å². The first-order valence-electron chi connectivity index (χ1n) is 7.25. The van der Waals surface area contributed by atoms with Crippen molar-refractivity contribution in [2.24, 2.45) is 0 Å². The predicted octanol–water partition coefficient (Wildman–Crippen LogP) is 3.46. The Bertz CT molecular complexity index is 612. The number of piperidine rings is 1. The van der Waals surface area contributed by atoms with Crippen LogP contribution in [-0.4, -0.2) is 33.4 Å². The van der Waals surface area contributed by atoms with Crippen molar-refractivity contribution in [1.82, 2.24) is 19.8 Å². The van der Waals surface area contributed by atoms with Gasteiger partial charge in [0.05, 0.1) is 6.54 Å². The first-order valence-corrected chi connectivity index (χ1v) is 8.54. The highest BCUT2D eigenvalue weighted by atomic mass is 32.2. The summed E-state index contributed by atoms with van der Waals surface area (Å²) >= 11 is 1.63. The summed E-state index contributed by atoms with van der Waals surface area (Å²) in [6, 6.07) is 8.06. The molecule has 0 amide bonds. The molecule has 1 N–H and O–H groups in total. The van der Waals surface area contributed by atoms with Crippen molar-refractivity contribution in [1.29, 1.82) is 0 Å². The number of hydrogen-bond acceptors (Lipinski definition) is 4. The molecule has 1 fully saturated rings. The van der Waals surface area contributed by atoms with Gasteiger partial charge in [-0.05, 0) is 26.0 Å². The van der Waals surface area contributed by atoms with E-state index in [1.165, 1.54) is 5.56 Å². The molecule has 2 heterocycles. The second kappa shape index (κ2) is 5.79. The molecule has 1 aromatic heterocycles. The molecule has 21 heavy (non-hydrogen) atoms. The van der Waals surface area contributed by atoms with Crippen molar-refractivity contribution in [3.8, 4) is 11.4 Å².